The second kappa shape index (κ2) is 6.78. The summed E-state index contributed by atoms with van der Waals surface area (Å²) in [4.78, 5) is 24.7. The number of anilines is 1. The van der Waals surface area contributed by atoms with Gasteiger partial charge < -0.3 is 10.6 Å². The Kier molecular flexibility index (Phi) is 4.86. The minimum absolute atomic E-state index is 0.00535. The molecule has 1 aliphatic heterocycles. The molecule has 1 heterocycles. The van der Waals surface area contributed by atoms with Crippen molar-refractivity contribution in [2.45, 2.75) is 39.2 Å². The second-order valence-corrected chi connectivity index (χ2v) is 9.24. The van der Waals surface area contributed by atoms with E-state index in [-0.39, 0.29) is 41.2 Å². The third-order valence-electron chi connectivity index (χ3n) is 5.03. The molecule has 7 heteroatoms. The lowest BCUT2D eigenvalue weighted by Gasteiger charge is -2.13. The number of hydrogen-bond acceptors (Lipinski definition) is 4. The van der Waals surface area contributed by atoms with Gasteiger partial charge in [0, 0.05) is 11.7 Å². The predicted octanol–water partition coefficient (Wildman–Crippen LogP) is 1.44. The summed E-state index contributed by atoms with van der Waals surface area (Å²) in [5.41, 5.74) is 2.92. The zero-order valence-electron chi connectivity index (χ0n) is 14.5. The normalized spacial score (nSPS) is 26.9. The fourth-order valence-electron chi connectivity index (χ4n) is 3.41. The summed E-state index contributed by atoms with van der Waals surface area (Å²) in [6, 6.07) is 5.59. The van der Waals surface area contributed by atoms with E-state index in [1.807, 2.05) is 32.0 Å². The van der Waals surface area contributed by atoms with E-state index >= 15 is 0 Å². The van der Waals surface area contributed by atoms with E-state index in [0.717, 1.165) is 23.2 Å². The van der Waals surface area contributed by atoms with Crippen LogP contribution in [-0.4, -0.2) is 37.8 Å². The molecule has 1 aliphatic carbocycles. The SMILES string of the molecule is CCc1cccc(C)c1NC(=O)C1CC1C(=O)NC1CCS(=O)(=O)C1. The summed E-state index contributed by atoms with van der Waals surface area (Å²) in [5, 5.41) is 5.75. The van der Waals surface area contributed by atoms with Crippen molar-refractivity contribution in [3.8, 4) is 0 Å². The number of para-hydroxylation sites is 1. The first-order chi connectivity index (χ1) is 11.8. The van der Waals surface area contributed by atoms with Gasteiger partial charge in [-0.05, 0) is 37.3 Å². The summed E-state index contributed by atoms with van der Waals surface area (Å²) in [7, 11) is -3.02. The highest BCUT2D eigenvalue weighted by Crippen LogP contribution is 2.40. The molecule has 3 rings (SSSR count). The Morgan fingerprint density at radius 1 is 1.20 bits per heavy atom. The molecule has 2 aliphatic rings. The first kappa shape index (κ1) is 17.9. The third-order valence-corrected chi connectivity index (χ3v) is 6.80. The molecule has 0 spiro atoms. The van der Waals surface area contributed by atoms with Crippen molar-refractivity contribution in [2.75, 3.05) is 16.8 Å². The Balaban J connectivity index is 1.57. The Hall–Kier alpha value is -1.89. The zero-order chi connectivity index (χ0) is 18.2. The standard InChI is InChI=1S/C18H24N2O4S/c1-3-12-6-4-5-11(2)16(12)20-18(22)15-9-14(15)17(21)19-13-7-8-25(23,24)10-13/h4-6,13-15H,3,7-10H2,1-2H3,(H,19,21)(H,20,22). The van der Waals surface area contributed by atoms with Gasteiger partial charge >= 0.3 is 0 Å². The molecule has 1 aromatic rings. The lowest BCUT2D eigenvalue weighted by Crippen LogP contribution is -2.37. The van der Waals surface area contributed by atoms with Gasteiger partial charge in [0.2, 0.25) is 11.8 Å². The maximum Gasteiger partial charge on any atom is 0.228 e. The highest BCUT2D eigenvalue weighted by atomic mass is 32.2. The molecule has 0 aromatic heterocycles. The summed E-state index contributed by atoms with van der Waals surface area (Å²) < 4.78 is 22.9. The largest absolute Gasteiger partial charge is 0.352 e. The Morgan fingerprint density at radius 2 is 1.92 bits per heavy atom. The highest BCUT2D eigenvalue weighted by molar-refractivity contribution is 7.91. The van der Waals surface area contributed by atoms with Gasteiger partial charge in [0.1, 0.15) is 0 Å². The molecule has 136 valence electrons. The Morgan fingerprint density at radius 3 is 2.56 bits per heavy atom. The smallest absolute Gasteiger partial charge is 0.228 e. The minimum atomic E-state index is -3.02. The fourth-order valence-corrected chi connectivity index (χ4v) is 5.08. The molecule has 25 heavy (non-hydrogen) atoms. The van der Waals surface area contributed by atoms with Crippen LogP contribution >= 0.6 is 0 Å². The molecule has 3 atom stereocenters. The second-order valence-electron chi connectivity index (χ2n) is 7.01. The van der Waals surface area contributed by atoms with E-state index in [9.17, 15) is 18.0 Å². The lowest BCUT2D eigenvalue weighted by molar-refractivity contribution is -0.125. The number of benzene rings is 1. The van der Waals surface area contributed by atoms with Crippen LogP contribution in [-0.2, 0) is 25.8 Å². The van der Waals surface area contributed by atoms with Gasteiger partial charge in [0.05, 0.1) is 23.3 Å². The summed E-state index contributed by atoms with van der Waals surface area (Å²) in [6.07, 6.45) is 1.80. The quantitative estimate of drug-likeness (QED) is 0.827. The molecule has 2 amide bonds. The zero-order valence-corrected chi connectivity index (χ0v) is 15.4. The van der Waals surface area contributed by atoms with Gasteiger partial charge in [0.25, 0.3) is 0 Å². The van der Waals surface area contributed by atoms with Gasteiger partial charge in [-0.2, -0.15) is 0 Å². The topological polar surface area (TPSA) is 92.3 Å². The molecule has 1 saturated heterocycles. The van der Waals surface area contributed by atoms with Crippen molar-refractivity contribution in [3.05, 3.63) is 29.3 Å². The number of carbonyl (C=O) groups is 2. The van der Waals surface area contributed by atoms with Crippen molar-refractivity contribution in [1.82, 2.24) is 5.32 Å². The first-order valence-corrected chi connectivity index (χ1v) is 10.5. The molecular weight excluding hydrogens is 340 g/mol. The average molecular weight is 364 g/mol. The van der Waals surface area contributed by atoms with Gasteiger partial charge in [-0.25, -0.2) is 8.42 Å². The highest BCUT2D eigenvalue weighted by Gasteiger charge is 2.49. The van der Waals surface area contributed by atoms with Gasteiger partial charge in [-0.1, -0.05) is 25.1 Å². The molecule has 3 unspecified atom stereocenters. The number of carbonyl (C=O) groups excluding carboxylic acids is 2. The predicted molar refractivity (Wildman–Crippen MR) is 96.0 cm³/mol. The van der Waals surface area contributed by atoms with E-state index in [4.69, 9.17) is 0 Å². The minimum Gasteiger partial charge on any atom is -0.352 e. The molecule has 2 fully saturated rings. The average Bonchev–Trinajstić information content (AvgIpc) is 3.28. The van der Waals surface area contributed by atoms with E-state index in [2.05, 4.69) is 10.6 Å². The maximum atomic E-state index is 12.5. The molecule has 1 saturated carbocycles. The van der Waals surface area contributed by atoms with Gasteiger partial charge in [0.15, 0.2) is 9.84 Å². The summed E-state index contributed by atoms with van der Waals surface area (Å²) >= 11 is 0. The monoisotopic (exact) mass is 364 g/mol. The van der Waals surface area contributed by atoms with E-state index in [0.29, 0.717) is 12.8 Å². The van der Waals surface area contributed by atoms with Crippen molar-refractivity contribution in [2.24, 2.45) is 11.8 Å². The van der Waals surface area contributed by atoms with Crippen LogP contribution in [0.3, 0.4) is 0 Å². The summed E-state index contributed by atoms with van der Waals surface area (Å²) in [5.74, 6) is -0.893. The van der Waals surface area contributed by atoms with E-state index in [1.165, 1.54) is 0 Å². The van der Waals surface area contributed by atoms with Gasteiger partial charge in [-0.15, -0.1) is 0 Å². The number of hydrogen-bond donors (Lipinski definition) is 2. The van der Waals surface area contributed by atoms with Crippen LogP contribution in [0, 0.1) is 18.8 Å². The Labute approximate surface area is 148 Å². The molecule has 0 radical (unpaired) electrons. The van der Waals surface area contributed by atoms with Crippen LogP contribution in [0.2, 0.25) is 0 Å². The number of amides is 2. The number of rotatable bonds is 5. The van der Waals surface area contributed by atoms with Crippen LogP contribution in [0.1, 0.15) is 30.9 Å². The van der Waals surface area contributed by atoms with Crippen molar-refractivity contribution in [1.29, 1.82) is 0 Å². The van der Waals surface area contributed by atoms with Crippen LogP contribution in [0.4, 0.5) is 5.69 Å². The molecule has 2 N–H and O–H groups in total. The van der Waals surface area contributed by atoms with E-state index < -0.39 is 9.84 Å². The van der Waals surface area contributed by atoms with Crippen molar-refractivity contribution < 1.29 is 18.0 Å². The first-order valence-electron chi connectivity index (χ1n) is 8.71. The number of sulfone groups is 1. The number of nitrogens with one attached hydrogen (secondary N) is 2. The molecule has 6 nitrogen and oxygen atoms in total. The fraction of sp³-hybridized carbons (Fsp3) is 0.556. The van der Waals surface area contributed by atoms with Crippen LogP contribution in [0.15, 0.2) is 18.2 Å². The molecule has 1 aromatic carbocycles. The summed E-state index contributed by atoms with van der Waals surface area (Å²) in [6.45, 7) is 3.99. The van der Waals surface area contributed by atoms with Crippen LogP contribution < -0.4 is 10.6 Å². The number of aryl methyl sites for hydroxylation is 2. The van der Waals surface area contributed by atoms with Crippen LogP contribution in [0.25, 0.3) is 0 Å². The maximum absolute atomic E-state index is 12.5. The molecule has 0 bridgehead atoms. The van der Waals surface area contributed by atoms with Crippen molar-refractivity contribution in [3.63, 3.8) is 0 Å². The molecular formula is C18H24N2O4S. The van der Waals surface area contributed by atoms with Crippen LogP contribution in [0.5, 0.6) is 0 Å². The van der Waals surface area contributed by atoms with Gasteiger partial charge in [-0.3, -0.25) is 9.59 Å². The van der Waals surface area contributed by atoms with Crippen molar-refractivity contribution >= 4 is 27.3 Å². The van der Waals surface area contributed by atoms with E-state index in [1.54, 1.807) is 0 Å². The lowest BCUT2D eigenvalue weighted by atomic mass is 10.1. The Bertz CT molecular complexity index is 803. The third kappa shape index (κ3) is 4.03.